The summed E-state index contributed by atoms with van der Waals surface area (Å²) < 4.78 is 6.04. The van der Waals surface area contributed by atoms with Gasteiger partial charge in [-0.2, -0.15) is 0 Å². The zero-order valence-electron chi connectivity index (χ0n) is 11.0. The summed E-state index contributed by atoms with van der Waals surface area (Å²) in [6.45, 7) is 0.848. The molecule has 2 heteroatoms. The first-order valence-electron chi connectivity index (χ1n) is 7.68. The highest BCUT2D eigenvalue weighted by Crippen LogP contribution is 2.50. The molecule has 0 amide bonds. The van der Waals surface area contributed by atoms with Crippen molar-refractivity contribution in [1.29, 1.82) is 0 Å². The number of hydrogen-bond acceptors (Lipinski definition) is 2. The fourth-order valence-electron chi connectivity index (χ4n) is 4.44. The Labute approximate surface area is 105 Å². The average Bonchev–Trinajstić information content (AvgIpc) is 2.98. The second kappa shape index (κ2) is 4.89. The number of fused-ring (bicyclic) bond motifs is 2. The second-order valence-electron chi connectivity index (χ2n) is 6.64. The van der Waals surface area contributed by atoms with Crippen LogP contribution >= 0.6 is 0 Å². The summed E-state index contributed by atoms with van der Waals surface area (Å²) >= 11 is 0. The van der Waals surface area contributed by atoms with Gasteiger partial charge in [0.2, 0.25) is 0 Å². The van der Waals surface area contributed by atoms with Crippen molar-refractivity contribution >= 4 is 0 Å². The van der Waals surface area contributed by atoms with E-state index >= 15 is 0 Å². The van der Waals surface area contributed by atoms with Crippen LogP contribution in [-0.2, 0) is 4.74 Å². The van der Waals surface area contributed by atoms with Crippen molar-refractivity contribution in [3.63, 3.8) is 0 Å². The molecule has 17 heavy (non-hydrogen) atoms. The van der Waals surface area contributed by atoms with Gasteiger partial charge in [0.05, 0.1) is 12.2 Å². The van der Waals surface area contributed by atoms with Crippen LogP contribution in [0.2, 0.25) is 0 Å². The SMILES string of the molecule is NCC1(CCC2CCCCC2)CC2CCC1O2. The van der Waals surface area contributed by atoms with E-state index in [9.17, 15) is 0 Å². The van der Waals surface area contributed by atoms with Gasteiger partial charge in [-0.3, -0.25) is 0 Å². The second-order valence-corrected chi connectivity index (χ2v) is 6.64. The fraction of sp³-hybridized carbons (Fsp3) is 1.00. The summed E-state index contributed by atoms with van der Waals surface area (Å²) in [6.07, 6.45) is 14.9. The van der Waals surface area contributed by atoms with E-state index in [-0.39, 0.29) is 0 Å². The molecule has 2 N–H and O–H groups in total. The first kappa shape index (κ1) is 12.0. The standard InChI is InChI=1S/C15H27NO/c16-11-15(10-13-6-7-14(15)17-13)9-8-12-4-2-1-3-5-12/h12-14H,1-11,16H2. The molecule has 0 aromatic rings. The first-order valence-corrected chi connectivity index (χ1v) is 7.68. The smallest absolute Gasteiger partial charge is 0.0649 e. The Bertz CT molecular complexity index is 262. The Balaban J connectivity index is 1.55. The molecule has 0 aromatic carbocycles. The molecule has 98 valence electrons. The molecule has 2 heterocycles. The zero-order valence-corrected chi connectivity index (χ0v) is 11.0. The molecule has 2 saturated heterocycles. The van der Waals surface area contributed by atoms with Gasteiger partial charge in [-0.1, -0.05) is 32.1 Å². The molecule has 1 saturated carbocycles. The number of ether oxygens (including phenoxy) is 1. The van der Waals surface area contributed by atoms with Crippen LogP contribution in [0.15, 0.2) is 0 Å². The predicted octanol–water partition coefficient (Wildman–Crippen LogP) is 3.24. The number of hydrogen-bond donors (Lipinski definition) is 1. The van der Waals surface area contributed by atoms with Crippen LogP contribution in [0.25, 0.3) is 0 Å². The van der Waals surface area contributed by atoms with Crippen LogP contribution in [0.3, 0.4) is 0 Å². The number of nitrogens with two attached hydrogens (primary N) is 1. The highest BCUT2D eigenvalue weighted by molar-refractivity contribution is 5.01. The summed E-state index contributed by atoms with van der Waals surface area (Å²) in [5, 5.41) is 0. The van der Waals surface area contributed by atoms with E-state index < -0.39 is 0 Å². The first-order chi connectivity index (χ1) is 8.32. The van der Waals surface area contributed by atoms with Crippen LogP contribution in [-0.4, -0.2) is 18.8 Å². The molecule has 3 fully saturated rings. The highest BCUT2D eigenvalue weighted by Gasteiger charge is 2.51. The van der Waals surface area contributed by atoms with Crippen LogP contribution in [0.5, 0.6) is 0 Å². The maximum Gasteiger partial charge on any atom is 0.0649 e. The van der Waals surface area contributed by atoms with Crippen molar-refractivity contribution in [2.45, 2.75) is 76.4 Å². The summed E-state index contributed by atoms with van der Waals surface area (Å²) in [4.78, 5) is 0. The van der Waals surface area contributed by atoms with Gasteiger partial charge in [0.1, 0.15) is 0 Å². The van der Waals surface area contributed by atoms with Gasteiger partial charge >= 0.3 is 0 Å². The lowest BCUT2D eigenvalue weighted by Crippen LogP contribution is -2.40. The third-order valence-electron chi connectivity index (χ3n) is 5.61. The van der Waals surface area contributed by atoms with Gasteiger partial charge in [-0.25, -0.2) is 0 Å². The van der Waals surface area contributed by atoms with Crippen LogP contribution < -0.4 is 5.73 Å². The minimum Gasteiger partial charge on any atom is -0.374 e. The molecule has 3 atom stereocenters. The quantitative estimate of drug-likeness (QED) is 0.814. The van der Waals surface area contributed by atoms with Crippen molar-refractivity contribution in [3.05, 3.63) is 0 Å². The van der Waals surface area contributed by atoms with Crippen molar-refractivity contribution < 1.29 is 4.74 Å². The maximum absolute atomic E-state index is 6.09. The third kappa shape index (κ3) is 2.26. The fourth-order valence-corrected chi connectivity index (χ4v) is 4.44. The summed E-state index contributed by atoms with van der Waals surface area (Å²) in [6, 6.07) is 0. The molecule has 0 radical (unpaired) electrons. The Morgan fingerprint density at radius 1 is 1.06 bits per heavy atom. The average molecular weight is 237 g/mol. The van der Waals surface area contributed by atoms with Crippen LogP contribution in [0, 0.1) is 11.3 Å². The van der Waals surface area contributed by atoms with E-state index in [0.29, 0.717) is 17.6 Å². The topological polar surface area (TPSA) is 35.2 Å². The maximum atomic E-state index is 6.09. The van der Waals surface area contributed by atoms with Gasteiger partial charge in [0.15, 0.2) is 0 Å². The minimum absolute atomic E-state index is 0.361. The van der Waals surface area contributed by atoms with E-state index in [1.54, 1.807) is 0 Å². The van der Waals surface area contributed by atoms with Crippen molar-refractivity contribution in [1.82, 2.24) is 0 Å². The largest absolute Gasteiger partial charge is 0.374 e. The Kier molecular flexibility index (Phi) is 3.45. The zero-order chi connectivity index (χ0) is 11.7. The van der Waals surface area contributed by atoms with E-state index in [2.05, 4.69) is 0 Å². The van der Waals surface area contributed by atoms with E-state index in [1.165, 1.54) is 64.2 Å². The highest BCUT2D eigenvalue weighted by atomic mass is 16.5. The van der Waals surface area contributed by atoms with Crippen molar-refractivity contribution in [2.24, 2.45) is 17.1 Å². The lowest BCUT2D eigenvalue weighted by molar-refractivity contribution is 0.0559. The Hall–Kier alpha value is -0.0800. The van der Waals surface area contributed by atoms with Crippen LogP contribution in [0.4, 0.5) is 0 Å². The lowest BCUT2D eigenvalue weighted by atomic mass is 9.69. The van der Waals surface area contributed by atoms with Gasteiger partial charge in [-0.05, 0) is 38.0 Å². The summed E-state index contributed by atoms with van der Waals surface area (Å²) in [5.74, 6) is 0.992. The molecular weight excluding hydrogens is 210 g/mol. The third-order valence-corrected chi connectivity index (χ3v) is 5.61. The van der Waals surface area contributed by atoms with Crippen molar-refractivity contribution in [2.75, 3.05) is 6.54 Å². The molecule has 0 aromatic heterocycles. The van der Waals surface area contributed by atoms with Gasteiger partial charge < -0.3 is 10.5 Å². The molecule has 3 unspecified atom stereocenters. The molecule has 2 aliphatic heterocycles. The number of rotatable bonds is 4. The summed E-state index contributed by atoms with van der Waals surface area (Å²) in [7, 11) is 0. The molecule has 1 aliphatic carbocycles. The minimum atomic E-state index is 0.361. The normalized spacial score (nSPS) is 42.2. The predicted molar refractivity (Wildman–Crippen MR) is 69.8 cm³/mol. The van der Waals surface area contributed by atoms with Gasteiger partial charge in [0.25, 0.3) is 0 Å². The van der Waals surface area contributed by atoms with E-state index in [1.807, 2.05) is 0 Å². The Morgan fingerprint density at radius 2 is 1.88 bits per heavy atom. The van der Waals surface area contributed by atoms with E-state index in [0.717, 1.165) is 12.5 Å². The van der Waals surface area contributed by atoms with Crippen LogP contribution in [0.1, 0.15) is 64.2 Å². The van der Waals surface area contributed by atoms with Crippen molar-refractivity contribution in [3.8, 4) is 0 Å². The summed E-state index contributed by atoms with van der Waals surface area (Å²) in [5.41, 5.74) is 6.45. The molecule has 0 spiro atoms. The molecule has 2 bridgehead atoms. The van der Waals surface area contributed by atoms with Gasteiger partial charge in [-0.15, -0.1) is 0 Å². The lowest BCUT2D eigenvalue weighted by Gasteiger charge is -2.36. The van der Waals surface area contributed by atoms with Gasteiger partial charge in [0, 0.05) is 12.0 Å². The Morgan fingerprint density at radius 3 is 2.47 bits per heavy atom. The molecular formula is C15H27NO. The van der Waals surface area contributed by atoms with E-state index in [4.69, 9.17) is 10.5 Å². The molecule has 3 aliphatic rings. The molecule has 2 nitrogen and oxygen atoms in total. The molecule has 3 rings (SSSR count). The monoisotopic (exact) mass is 237 g/mol.